The minimum atomic E-state index is -1.42. The van der Waals surface area contributed by atoms with E-state index in [4.69, 9.17) is 9.26 Å². The molecule has 7 rings (SSSR count). The average molecular weight is 628 g/mol. The van der Waals surface area contributed by atoms with Crippen molar-refractivity contribution in [2.75, 3.05) is 14.1 Å². The van der Waals surface area contributed by atoms with Crippen molar-refractivity contribution in [1.82, 2.24) is 10.1 Å². The van der Waals surface area contributed by atoms with E-state index in [-0.39, 0.29) is 53.3 Å². The molecule has 0 saturated heterocycles. The van der Waals surface area contributed by atoms with Crippen molar-refractivity contribution in [2.24, 2.45) is 23.2 Å². The zero-order valence-corrected chi connectivity index (χ0v) is 25.5. The first-order valence-electron chi connectivity index (χ1n) is 14.3. The summed E-state index contributed by atoms with van der Waals surface area (Å²) in [4.78, 5) is 45.3. The number of aryl methyl sites for hydroxylation is 1. The number of aromatic nitrogens is 1. The van der Waals surface area contributed by atoms with Crippen LogP contribution in [0.15, 0.2) is 63.6 Å². The molecule has 7 nitrogen and oxygen atoms in total. The maximum Gasteiger partial charge on any atom is 0.265 e. The highest BCUT2D eigenvalue weighted by atomic mass is 79.9. The minimum Gasteiger partial charge on any atom is -0.470 e. The number of carbonyl (C=O) groups is 3. The number of ketones is 3. The molecular weight excluding hydrogens is 596 g/mol. The SMILES string of the molecule is Cc1c2c(cc3ccc(Br)cc13)CC1CC3C(N(C)C)c4onc(OCc5ccccc5)c4C(=O)C3(C)C(=O)C1C2=O. The maximum absolute atomic E-state index is 14.6. The third kappa shape index (κ3) is 3.81. The van der Waals surface area contributed by atoms with E-state index in [9.17, 15) is 14.4 Å². The molecule has 1 heterocycles. The van der Waals surface area contributed by atoms with Gasteiger partial charge >= 0.3 is 0 Å². The fraction of sp³-hybridized carbons (Fsp3) is 0.353. The van der Waals surface area contributed by atoms with Gasteiger partial charge in [0.05, 0.1) is 17.4 Å². The first-order valence-corrected chi connectivity index (χ1v) is 15.1. The van der Waals surface area contributed by atoms with Crippen molar-refractivity contribution in [3.05, 3.63) is 92.6 Å². The van der Waals surface area contributed by atoms with Crippen LogP contribution < -0.4 is 4.74 Å². The second-order valence-corrected chi connectivity index (χ2v) is 13.3. The lowest BCUT2D eigenvalue weighted by Crippen LogP contribution is -2.60. The molecule has 3 aromatic carbocycles. The Morgan fingerprint density at radius 2 is 1.83 bits per heavy atom. The number of rotatable bonds is 4. The molecule has 4 aromatic rings. The van der Waals surface area contributed by atoms with Gasteiger partial charge in [-0.15, -0.1) is 0 Å². The Labute approximate surface area is 252 Å². The highest BCUT2D eigenvalue weighted by Crippen LogP contribution is 2.59. The van der Waals surface area contributed by atoms with Gasteiger partial charge in [-0.1, -0.05) is 58.4 Å². The van der Waals surface area contributed by atoms with E-state index in [1.54, 1.807) is 6.92 Å². The van der Waals surface area contributed by atoms with E-state index >= 15 is 0 Å². The van der Waals surface area contributed by atoms with Crippen molar-refractivity contribution < 1.29 is 23.6 Å². The van der Waals surface area contributed by atoms with Crippen LogP contribution >= 0.6 is 15.9 Å². The van der Waals surface area contributed by atoms with Gasteiger partial charge in [-0.05, 0) is 91.5 Å². The van der Waals surface area contributed by atoms with Gasteiger partial charge in [0, 0.05) is 16.0 Å². The molecule has 0 amide bonds. The number of fused-ring (bicyclic) bond motifs is 5. The number of benzene rings is 3. The Bertz CT molecular complexity index is 1790. The van der Waals surface area contributed by atoms with E-state index in [2.05, 4.69) is 33.2 Å². The van der Waals surface area contributed by atoms with Crippen molar-refractivity contribution >= 4 is 44.1 Å². The summed E-state index contributed by atoms with van der Waals surface area (Å²) < 4.78 is 12.8. The second-order valence-electron chi connectivity index (χ2n) is 12.4. The minimum absolute atomic E-state index is 0.0912. The van der Waals surface area contributed by atoms with Gasteiger partial charge in [0.15, 0.2) is 23.1 Å². The first kappa shape index (κ1) is 27.2. The summed E-state index contributed by atoms with van der Waals surface area (Å²) in [6, 6.07) is 17.4. The van der Waals surface area contributed by atoms with E-state index in [1.807, 2.05) is 68.4 Å². The van der Waals surface area contributed by atoms with Crippen LogP contribution in [0.5, 0.6) is 5.88 Å². The van der Waals surface area contributed by atoms with Gasteiger partial charge in [0.2, 0.25) is 0 Å². The van der Waals surface area contributed by atoms with Gasteiger partial charge in [0.25, 0.3) is 5.88 Å². The Hall–Kier alpha value is -3.62. The fourth-order valence-corrected chi connectivity index (χ4v) is 8.15. The third-order valence-corrected chi connectivity index (χ3v) is 10.3. The molecule has 0 aliphatic heterocycles. The quantitative estimate of drug-likeness (QED) is 0.237. The van der Waals surface area contributed by atoms with E-state index in [0.717, 1.165) is 31.9 Å². The van der Waals surface area contributed by atoms with E-state index in [1.165, 1.54) is 0 Å². The molecule has 0 spiro atoms. The van der Waals surface area contributed by atoms with Crippen LogP contribution in [0.2, 0.25) is 0 Å². The van der Waals surface area contributed by atoms with Crippen molar-refractivity contribution in [3.63, 3.8) is 0 Å². The summed E-state index contributed by atoms with van der Waals surface area (Å²) in [5.41, 5.74) is 2.20. The lowest BCUT2D eigenvalue weighted by atomic mass is 9.49. The Kier molecular flexibility index (Phi) is 6.29. The molecule has 3 aliphatic carbocycles. The second kappa shape index (κ2) is 9.71. The Morgan fingerprint density at radius 3 is 2.57 bits per heavy atom. The third-order valence-electron chi connectivity index (χ3n) is 9.83. The summed E-state index contributed by atoms with van der Waals surface area (Å²) >= 11 is 3.55. The fourth-order valence-electron chi connectivity index (χ4n) is 7.79. The molecule has 1 aromatic heterocycles. The van der Waals surface area contributed by atoms with Crippen LogP contribution in [0.4, 0.5) is 0 Å². The highest BCUT2D eigenvalue weighted by molar-refractivity contribution is 9.10. The Balaban J connectivity index is 1.31. The van der Waals surface area contributed by atoms with Gasteiger partial charge in [-0.25, -0.2) is 0 Å². The molecule has 3 aliphatic rings. The monoisotopic (exact) mass is 626 g/mol. The number of hydrogen-bond acceptors (Lipinski definition) is 7. The summed E-state index contributed by atoms with van der Waals surface area (Å²) in [6.45, 7) is 3.88. The lowest BCUT2D eigenvalue weighted by molar-refractivity contribution is -0.140. The van der Waals surface area contributed by atoms with E-state index < -0.39 is 11.3 Å². The normalized spacial score (nSPS) is 26.6. The van der Waals surface area contributed by atoms with Crippen LogP contribution in [0, 0.1) is 30.1 Å². The number of Topliss-reactive ketones (excluding diaryl/α,β-unsaturated/α-hetero) is 3. The van der Waals surface area contributed by atoms with E-state index in [0.29, 0.717) is 24.2 Å². The Morgan fingerprint density at radius 1 is 1.07 bits per heavy atom. The number of hydrogen-bond donors (Lipinski definition) is 0. The predicted molar refractivity (Wildman–Crippen MR) is 161 cm³/mol. The molecule has 8 heteroatoms. The number of nitrogens with zero attached hydrogens (tertiary/aromatic N) is 2. The van der Waals surface area contributed by atoms with Crippen LogP contribution in [-0.4, -0.2) is 41.5 Å². The van der Waals surface area contributed by atoms with Gasteiger partial charge in [-0.2, -0.15) is 0 Å². The standard InChI is InChI=1S/C34H31BrN2O5/c1-17-23-15-22(35)11-10-19(23)12-20-13-21-14-24-28(37(3)4)30-27(33(36-42-30)41-16-18-8-6-5-7-9-18)32(40)34(24,2)31(39)26(21)29(38)25(17)20/h5-12,15,21,24,26,28H,13-14,16H2,1-4H3. The van der Waals surface area contributed by atoms with Gasteiger partial charge < -0.3 is 9.26 Å². The summed E-state index contributed by atoms with van der Waals surface area (Å²) in [7, 11) is 3.84. The molecule has 1 saturated carbocycles. The summed E-state index contributed by atoms with van der Waals surface area (Å²) in [5.74, 6) is -1.76. The number of carbonyl (C=O) groups excluding carboxylic acids is 3. The van der Waals surface area contributed by atoms with Crippen LogP contribution in [0.3, 0.4) is 0 Å². The average Bonchev–Trinajstić information content (AvgIpc) is 3.38. The molecule has 0 N–H and O–H groups in total. The van der Waals surface area contributed by atoms with Crippen LogP contribution in [0.1, 0.15) is 62.6 Å². The molecule has 5 unspecified atom stereocenters. The van der Waals surface area contributed by atoms with Crippen LogP contribution in [0.25, 0.3) is 10.8 Å². The lowest BCUT2D eigenvalue weighted by Gasteiger charge is -2.52. The highest BCUT2D eigenvalue weighted by Gasteiger charge is 2.65. The summed E-state index contributed by atoms with van der Waals surface area (Å²) in [6.07, 6.45) is 1.16. The largest absolute Gasteiger partial charge is 0.470 e. The molecule has 214 valence electrons. The van der Waals surface area contributed by atoms with Gasteiger partial charge in [-0.3, -0.25) is 19.3 Å². The number of halogens is 1. The predicted octanol–water partition coefficient (Wildman–Crippen LogP) is 6.54. The molecule has 0 bridgehead atoms. The zero-order chi connectivity index (χ0) is 29.5. The smallest absolute Gasteiger partial charge is 0.265 e. The number of ether oxygens (including phenoxy) is 1. The molecule has 5 atom stereocenters. The maximum atomic E-state index is 14.6. The van der Waals surface area contributed by atoms with Crippen molar-refractivity contribution in [2.45, 2.75) is 39.3 Å². The van der Waals surface area contributed by atoms with Crippen LogP contribution in [-0.2, 0) is 17.8 Å². The first-order chi connectivity index (χ1) is 20.1. The zero-order valence-electron chi connectivity index (χ0n) is 23.9. The van der Waals surface area contributed by atoms with Crippen molar-refractivity contribution in [3.8, 4) is 5.88 Å². The topological polar surface area (TPSA) is 89.7 Å². The molecule has 1 fully saturated rings. The molecule has 0 radical (unpaired) electrons. The molecular formula is C34H31BrN2O5. The summed E-state index contributed by atoms with van der Waals surface area (Å²) in [5, 5.41) is 6.23. The van der Waals surface area contributed by atoms with Gasteiger partial charge in [0.1, 0.15) is 12.2 Å². The van der Waals surface area contributed by atoms with Crippen molar-refractivity contribution in [1.29, 1.82) is 0 Å². The molecule has 42 heavy (non-hydrogen) atoms.